The summed E-state index contributed by atoms with van der Waals surface area (Å²) in [5.41, 5.74) is 0.689. The van der Waals surface area contributed by atoms with Crippen molar-refractivity contribution in [2.24, 2.45) is 0 Å². The van der Waals surface area contributed by atoms with Gasteiger partial charge in [0.25, 0.3) is 0 Å². The van der Waals surface area contributed by atoms with E-state index in [-0.39, 0.29) is 6.54 Å². The van der Waals surface area contributed by atoms with E-state index in [0.29, 0.717) is 12.2 Å². The molecule has 0 spiro atoms. The summed E-state index contributed by atoms with van der Waals surface area (Å²) in [4.78, 5) is 8.39. The van der Waals surface area contributed by atoms with E-state index in [1.807, 2.05) is 0 Å². The largest absolute Gasteiger partial charge is 0.369 e. The first-order valence-electron chi connectivity index (χ1n) is 6.36. The van der Waals surface area contributed by atoms with Crippen molar-refractivity contribution in [1.82, 2.24) is 24.5 Å². The third kappa shape index (κ3) is 3.64. The molecule has 2 heterocycles. The molecule has 9 heteroatoms. The molecule has 0 aliphatic heterocycles. The molecule has 2 N–H and O–H groups in total. The summed E-state index contributed by atoms with van der Waals surface area (Å²) in [7, 11) is -3.19. The Morgan fingerprint density at radius 1 is 1.30 bits per heavy atom. The first kappa shape index (κ1) is 14.7. The van der Waals surface area contributed by atoms with Gasteiger partial charge in [-0.2, -0.15) is 5.10 Å². The highest BCUT2D eigenvalue weighted by molar-refractivity contribution is 7.88. The summed E-state index contributed by atoms with van der Waals surface area (Å²) in [5.74, 6) is 0.749. The van der Waals surface area contributed by atoms with Crippen LogP contribution in [0.4, 0.5) is 5.82 Å². The van der Waals surface area contributed by atoms with Gasteiger partial charge in [-0.25, -0.2) is 27.8 Å². The van der Waals surface area contributed by atoms with E-state index in [4.69, 9.17) is 0 Å². The lowest BCUT2D eigenvalue weighted by atomic mass is 10.4. The van der Waals surface area contributed by atoms with Crippen molar-refractivity contribution in [3.63, 3.8) is 0 Å². The van der Waals surface area contributed by atoms with Gasteiger partial charge >= 0.3 is 0 Å². The van der Waals surface area contributed by atoms with Gasteiger partial charge in [0.15, 0.2) is 5.65 Å². The van der Waals surface area contributed by atoms with Crippen LogP contribution in [-0.4, -0.2) is 47.5 Å². The number of sulfonamides is 1. The van der Waals surface area contributed by atoms with Crippen molar-refractivity contribution in [2.45, 2.75) is 19.9 Å². The van der Waals surface area contributed by atoms with Gasteiger partial charge < -0.3 is 5.32 Å². The first-order chi connectivity index (χ1) is 9.51. The number of hydrogen-bond donors (Lipinski definition) is 2. The van der Waals surface area contributed by atoms with Crippen LogP contribution in [0.2, 0.25) is 0 Å². The van der Waals surface area contributed by atoms with Crippen LogP contribution < -0.4 is 10.0 Å². The Hall–Kier alpha value is -1.74. The number of hydrogen-bond acceptors (Lipinski definition) is 6. The number of aromatic nitrogens is 4. The summed E-state index contributed by atoms with van der Waals surface area (Å²) < 4.78 is 26.1. The molecule has 0 radical (unpaired) electrons. The van der Waals surface area contributed by atoms with Crippen LogP contribution in [0, 0.1) is 0 Å². The maximum absolute atomic E-state index is 11.0. The third-order valence-corrected chi connectivity index (χ3v) is 3.39. The van der Waals surface area contributed by atoms with Gasteiger partial charge in [0, 0.05) is 13.1 Å². The standard InChI is InChI=1S/C11H18N6O2S/c1-3-4-12-10-9-7-15-17(11(9)14-8-13-10)6-5-16-20(2,18)19/h7-8,16H,3-6H2,1-2H3,(H,12,13,14). The fourth-order valence-electron chi connectivity index (χ4n) is 1.78. The predicted octanol–water partition coefficient (Wildman–Crippen LogP) is 0.197. The maximum Gasteiger partial charge on any atom is 0.208 e. The number of nitrogens with one attached hydrogen (secondary N) is 2. The number of anilines is 1. The Morgan fingerprint density at radius 2 is 2.10 bits per heavy atom. The number of rotatable bonds is 7. The molecule has 110 valence electrons. The zero-order chi connectivity index (χ0) is 14.6. The fraction of sp³-hybridized carbons (Fsp3) is 0.545. The Morgan fingerprint density at radius 3 is 2.80 bits per heavy atom. The molecule has 0 aliphatic carbocycles. The molecule has 2 rings (SSSR count). The zero-order valence-corrected chi connectivity index (χ0v) is 12.3. The van der Waals surface area contributed by atoms with Crippen molar-refractivity contribution < 1.29 is 8.42 Å². The normalized spacial score (nSPS) is 11.9. The lowest BCUT2D eigenvalue weighted by Gasteiger charge is -2.06. The lowest BCUT2D eigenvalue weighted by molar-refractivity contribution is 0.569. The second-order valence-electron chi connectivity index (χ2n) is 4.42. The number of nitrogens with zero attached hydrogens (tertiary/aromatic N) is 4. The Bertz CT molecular complexity index is 681. The van der Waals surface area contributed by atoms with E-state index < -0.39 is 10.0 Å². The second-order valence-corrected chi connectivity index (χ2v) is 6.25. The van der Waals surface area contributed by atoms with Gasteiger partial charge in [-0.1, -0.05) is 6.92 Å². The minimum absolute atomic E-state index is 0.275. The lowest BCUT2D eigenvalue weighted by Crippen LogP contribution is -2.26. The van der Waals surface area contributed by atoms with Crippen LogP contribution in [0.5, 0.6) is 0 Å². The minimum Gasteiger partial charge on any atom is -0.369 e. The van der Waals surface area contributed by atoms with Crippen molar-refractivity contribution in [2.75, 3.05) is 24.7 Å². The van der Waals surface area contributed by atoms with Gasteiger partial charge in [-0.05, 0) is 6.42 Å². The highest BCUT2D eigenvalue weighted by atomic mass is 32.2. The Balaban J connectivity index is 2.15. The van der Waals surface area contributed by atoms with Crippen LogP contribution in [0.15, 0.2) is 12.5 Å². The van der Waals surface area contributed by atoms with Crippen molar-refractivity contribution in [1.29, 1.82) is 0 Å². The smallest absolute Gasteiger partial charge is 0.208 e. The summed E-state index contributed by atoms with van der Waals surface area (Å²) in [6, 6.07) is 0. The highest BCUT2D eigenvalue weighted by Gasteiger charge is 2.09. The summed E-state index contributed by atoms with van der Waals surface area (Å²) in [5, 5.41) is 8.27. The molecule has 8 nitrogen and oxygen atoms in total. The molecule has 0 aromatic carbocycles. The second kappa shape index (κ2) is 6.14. The Kier molecular flexibility index (Phi) is 4.50. The van der Waals surface area contributed by atoms with Gasteiger partial charge in [0.1, 0.15) is 12.1 Å². The molecule has 0 amide bonds. The Labute approximate surface area is 117 Å². The summed E-state index contributed by atoms with van der Waals surface area (Å²) in [6.45, 7) is 3.59. The average molecular weight is 298 g/mol. The van der Waals surface area contributed by atoms with E-state index in [2.05, 4.69) is 32.0 Å². The highest BCUT2D eigenvalue weighted by Crippen LogP contribution is 2.18. The SMILES string of the molecule is CCCNc1ncnc2c1cnn2CCNS(C)(=O)=O. The van der Waals surface area contributed by atoms with Crippen LogP contribution in [0.25, 0.3) is 11.0 Å². The van der Waals surface area contributed by atoms with E-state index in [1.54, 1.807) is 10.9 Å². The molecule has 2 aromatic heterocycles. The van der Waals surface area contributed by atoms with E-state index >= 15 is 0 Å². The van der Waals surface area contributed by atoms with Crippen LogP contribution in [0.3, 0.4) is 0 Å². The van der Waals surface area contributed by atoms with Crippen LogP contribution >= 0.6 is 0 Å². The first-order valence-corrected chi connectivity index (χ1v) is 8.25. The zero-order valence-electron chi connectivity index (χ0n) is 11.5. The van der Waals surface area contributed by atoms with Crippen LogP contribution in [0.1, 0.15) is 13.3 Å². The molecule has 0 atom stereocenters. The summed E-state index contributed by atoms with van der Waals surface area (Å²) in [6.07, 6.45) is 5.29. The minimum atomic E-state index is -3.19. The summed E-state index contributed by atoms with van der Waals surface area (Å²) >= 11 is 0. The molecule has 0 bridgehead atoms. The molecule has 0 fully saturated rings. The molecule has 0 saturated carbocycles. The fourth-order valence-corrected chi connectivity index (χ4v) is 2.24. The quantitative estimate of drug-likeness (QED) is 0.757. The molecule has 20 heavy (non-hydrogen) atoms. The van der Waals surface area contributed by atoms with Crippen molar-refractivity contribution in [3.05, 3.63) is 12.5 Å². The molecular formula is C11H18N6O2S. The molecule has 0 saturated heterocycles. The van der Waals surface area contributed by atoms with Gasteiger partial charge in [0.05, 0.1) is 24.4 Å². The predicted molar refractivity (Wildman–Crippen MR) is 77.0 cm³/mol. The average Bonchev–Trinajstić information content (AvgIpc) is 2.79. The monoisotopic (exact) mass is 298 g/mol. The number of fused-ring (bicyclic) bond motifs is 1. The van der Waals surface area contributed by atoms with Gasteiger partial charge in [-0.3, -0.25) is 0 Å². The third-order valence-electron chi connectivity index (χ3n) is 2.66. The van der Waals surface area contributed by atoms with E-state index in [1.165, 1.54) is 6.33 Å². The van der Waals surface area contributed by atoms with Crippen molar-refractivity contribution in [3.8, 4) is 0 Å². The van der Waals surface area contributed by atoms with E-state index in [0.717, 1.165) is 30.4 Å². The molecule has 0 aliphatic rings. The maximum atomic E-state index is 11.0. The van der Waals surface area contributed by atoms with Crippen LogP contribution in [-0.2, 0) is 16.6 Å². The van der Waals surface area contributed by atoms with Gasteiger partial charge in [0.2, 0.25) is 10.0 Å². The topological polar surface area (TPSA) is 102 Å². The van der Waals surface area contributed by atoms with Crippen molar-refractivity contribution >= 4 is 26.9 Å². The van der Waals surface area contributed by atoms with E-state index in [9.17, 15) is 8.42 Å². The van der Waals surface area contributed by atoms with Gasteiger partial charge in [-0.15, -0.1) is 0 Å². The molecule has 2 aromatic rings. The molecular weight excluding hydrogens is 280 g/mol. The molecule has 0 unspecified atom stereocenters.